The number of nitrogens with zero attached hydrogens (tertiary/aromatic N) is 4. The van der Waals surface area contributed by atoms with Crippen LogP contribution >= 0.6 is 15.9 Å². The molecule has 21 heavy (non-hydrogen) atoms. The highest BCUT2D eigenvalue weighted by Crippen LogP contribution is 2.26. The van der Waals surface area contributed by atoms with Crippen LogP contribution in [0.2, 0.25) is 0 Å². The number of hydrogen-bond acceptors (Lipinski definition) is 4. The largest absolute Gasteiger partial charge is 0.356 e. The molecule has 0 N–H and O–H groups in total. The van der Waals surface area contributed by atoms with Crippen molar-refractivity contribution in [3.8, 4) is 0 Å². The van der Waals surface area contributed by atoms with Gasteiger partial charge in [-0.2, -0.15) is 0 Å². The minimum Gasteiger partial charge on any atom is -0.356 e. The Balaban J connectivity index is 2.16. The predicted molar refractivity (Wildman–Crippen MR) is 92.0 cm³/mol. The molecule has 0 amide bonds. The molecule has 1 aromatic heterocycles. The smallest absolute Gasteiger partial charge is 0.137 e. The summed E-state index contributed by atoms with van der Waals surface area (Å²) in [5, 5.41) is 0. The minimum absolute atomic E-state index is 0.0368. The molecule has 0 radical (unpaired) electrons. The Morgan fingerprint density at radius 3 is 2.43 bits per heavy atom. The van der Waals surface area contributed by atoms with E-state index in [2.05, 4.69) is 65.5 Å². The number of hydrogen-bond donors (Lipinski definition) is 0. The fraction of sp³-hybridized carbons (Fsp3) is 0.750. The maximum atomic E-state index is 4.79. The van der Waals surface area contributed by atoms with Crippen LogP contribution in [0.5, 0.6) is 0 Å². The van der Waals surface area contributed by atoms with Gasteiger partial charge in [0, 0.05) is 37.7 Å². The lowest BCUT2D eigenvalue weighted by Gasteiger charge is -2.37. The molecular weight excluding hydrogens is 328 g/mol. The third-order valence-electron chi connectivity index (χ3n) is 4.27. The summed E-state index contributed by atoms with van der Waals surface area (Å²) >= 11 is 3.53. The molecule has 2 heterocycles. The first-order valence-electron chi connectivity index (χ1n) is 7.81. The topological polar surface area (TPSA) is 32.3 Å². The maximum absolute atomic E-state index is 4.79. The first-order valence-corrected chi connectivity index (χ1v) is 8.61. The number of halogens is 1. The van der Waals surface area contributed by atoms with E-state index >= 15 is 0 Å². The van der Waals surface area contributed by atoms with Crippen molar-refractivity contribution in [3.63, 3.8) is 0 Å². The van der Waals surface area contributed by atoms with E-state index in [9.17, 15) is 0 Å². The van der Waals surface area contributed by atoms with Crippen molar-refractivity contribution in [2.45, 2.75) is 52.0 Å². The molecule has 0 aliphatic carbocycles. The van der Waals surface area contributed by atoms with Crippen molar-refractivity contribution in [3.05, 3.63) is 16.5 Å². The standard InChI is InChI=1S/C16H27BrN4/c1-6-21-9-7-12(8-10-21)20(5)14-11-13(17)18-15(19-14)16(2,3)4/h11-12H,6-10H2,1-5H3. The van der Waals surface area contributed by atoms with E-state index in [-0.39, 0.29) is 5.41 Å². The summed E-state index contributed by atoms with van der Waals surface area (Å²) in [5.74, 6) is 1.92. The Hall–Kier alpha value is -0.680. The van der Waals surface area contributed by atoms with Gasteiger partial charge in [0.05, 0.1) is 0 Å². The lowest BCUT2D eigenvalue weighted by molar-refractivity contribution is 0.220. The summed E-state index contributed by atoms with van der Waals surface area (Å²) in [4.78, 5) is 14.2. The van der Waals surface area contributed by atoms with Crippen LogP contribution < -0.4 is 4.90 Å². The van der Waals surface area contributed by atoms with Crippen LogP contribution in [0.25, 0.3) is 0 Å². The van der Waals surface area contributed by atoms with Crippen molar-refractivity contribution in [1.82, 2.24) is 14.9 Å². The summed E-state index contributed by atoms with van der Waals surface area (Å²) in [6.07, 6.45) is 2.41. The number of anilines is 1. The molecule has 4 nitrogen and oxygen atoms in total. The summed E-state index contributed by atoms with van der Waals surface area (Å²) in [6.45, 7) is 12.2. The second kappa shape index (κ2) is 6.61. The zero-order chi connectivity index (χ0) is 15.6. The van der Waals surface area contributed by atoms with E-state index in [4.69, 9.17) is 4.98 Å². The van der Waals surface area contributed by atoms with E-state index < -0.39 is 0 Å². The second-order valence-electron chi connectivity index (χ2n) is 6.90. The van der Waals surface area contributed by atoms with Gasteiger partial charge < -0.3 is 9.80 Å². The average Bonchev–Trinajstić information content (AvgIpc) is 2.45. The predicted octanol–water partition coefficient (Wildman–Crippen LogP) is 3.46. The molecule has 1 saturated heterocycles. The zero-order valence-corrected chi connectivity index (χ0v) is 15.4. The van der Waals surface area contributed by atoms with Crippen molar-refractivity contribution >= 4 is 21.7 Å². The van der Waals surface area contributed by atoms with E-state index in [1.165, 1.54) is 25.9 Å². The molecule has 118 valence electrons. The molecule has 1 aliphatic rings. The Morgan fingerprint density at radius 1 is 1.29 bits per heavy atom. The number of piperidine rings is 1. The summed E-state index contributed by atoms with van der Waals surface area (Å²) in [6, 6.07) is 2.60. The second-order valence-corrected chi connectivity index (χ2v) is 7.71. The lowest BCUT2D eigenvalue weighted by atomic mass is 9.96. The van der Waals surface area contributed by atoms with E-state index in [1.54, 1.807) is 0 Å². The fourth-order valence-corrected chi connectivity index (χ4v) is 3.10. The molecule has 5 heteroatoms. The van der Waals surface area contributed by atoms with Crippen LogP contribution in [0, 0.1) is 0 Å². The normalized spacial score (nSPS) is 18.0. The molecule has 0 saturated carbocycles. The van der Waals surface area contributed by atoms with E-state index in [0.29, 0.717) is 6.04 Å². The molecule has 1 aliphatic heterocycles. The lowest BCUT2D eigenvalue weighted by Crippen LogP contribution is -2.43. The minimum atomic E-state index is -0.0368. The molecule has 0 aromatic carbocycles. The molecule has 0 bridgehead atoms. The quantitative estimate of drug-likeness (QED) is 0.778. The van der Waals surface area contributed by atoms with Gasteiger partial charge >= 0.3 is 0 Å². The van der Waals surface area contributed by atoms with Gasteiger partial charge in [-0.15, -0.1) is 0 Å². The molecular formula is C16H27BrN4. The Morgan fingerprint density at radius 2 is 1.90 bits per heavy atom. The number of rotatable bonds is 3. The van der Waals surface area contributed by atoms with Crippen molar-refractivity contribution in [2.24, 2.45) is 0 Å². The Kier molecular flexibility index (Phi) is 5.25. The third-order valence-corrected chi connectivity index (χ3v) is 4.67. The number of aromatic nitrogens is 2. The molecule has 1 aromatic rings. The first-order chi connectivity index (χ1) is 9.81. The molecule has 1 fully saturated rings. The summed E-state index contributed by atoms with van der Waals surface area (Å²) < 4.78 is 0.871. The summed E-state index contributed by atoms with van der Waals surface area (Å²) in [7, 11) is 2.16. The Bertz CT molecular complexity index is 476. The Labute approximate surface area is 137 Å². The van der Waals surface area contributed by atoms with Gasteiger partial charge in [0.1, 0.15) is 16.2 Å². The zero-order valence-electron chi connectivity index (χ0n) is 13.9. The van der Waals surface area contributed by atoms with Crippen LogP contribution in [-0.2, 0) is 5.41 Å². The van der Waals surface area contributed by atoms with Gasteiger partial charge in [-0.25, -0.2) is 9.97 Å². The van der Waals surface area contributed by atoms with Gasteiger partial charge in [-0.05, 0) is 35.3 Å². The summed E-state index contributed by atoms with van der Waals surface area (Å²) in [5.41, 5.74) is -0.0368. The molecule has 0 spiro atoms. The SMILES string of the molecule is CCN1CCC(N(C)c2cc(Br)nc(C(C)(C)C)n2)CC1. The number of likely N-dealkylation sites (tertiary alicyclic amines) is 1. The highest BCUT2D eigenvalue weighted by atomic mass is 79.9. The molecule has 0 atom stereocenters. The van der Waals surface area contributed by atoms with Gasteiger partial charge in [0.25, 0.3) is 0 Å². The van der Waals surface area contributed by atoms with Crippen LogP contribution in [0.4, 0.5) is 5.82 Å². The van der Waals surface area contributed by atoms with Crippen molar-refractivity contribution in [2.75, 3.05) is 31.6 Å². The molecule has 2 rings (SSSR count). The first kappa shape index (κ1) is 16.7. The van der Waals surface area contributed by atoms with E-state index in [1.807, 2.05) is 6.07 Å². The van der Waals surface area contributed by atoms with E-state index in [0.717, 1.165) is 22.8 Å². The van der Waals surface area contributed by atoms with Gasteiger partial charge in [0.2, 0.25) is 0 Å². The monoisotopic (exact) mass is 354 g/mol. The molecule has 0 unspecified atom stereocenters. The van der Waals surface area contributed by atoms with Crippen molar-refractivity contribution < 1.29 is 0 Å². The van der Waals surface area contributed by atoms with Gasteiger partial charge in [0.15, 0.2) is 0 Å². The van der Waals surface area contributed by atoms with Crippen molar-refractivity contribution in [1.29, 1.82) is 0 Å². The van der Waals surface area contributed by atoms with Gasteiger partial charge in [-0.3, -0.25) is 0 Å². The average molecular weight is 355 g/mol. The van der Waals surface area contributed by atoms with Gasteiger partial charge in [-0.1, -0.05) is 27.7 Å². The van der Waals surface area contributed by atoms with Crippen LogP contribution in [0.3, 0.4) is 0 Å². The maximum Gasteiger partial charge on any atom is 0.137 e. The van der Waals surface area contributed by atoms with Crippen LogP contribution in [0.15, 0.2) is 10.7 Å². The highest BCUT2D eigenvalue weighted by Gasteiger charge is 2.25. The highest BCUT2D eigenvalue weighted by molar-refractivity contribution is 9.10. The fourth-order valence-electron chi connectivity index (χ4n) is 2.73. The third kappa shape index (κ3) is 4.16. The van der Waals surface area contributed by atoms with Crippen LogP contribution in [-0.4, -0.2) is 47.6 Å². The van der Waals surface area contributed by atoms with Crippen LogP contribution in [0.1, 0.15) is 46.4 Å².